The molecule has 1 fully saturated rings. The van der Waals surface area contributed by atoms with Crippen molar-refractivity contribution in [3.63, 3.8) is 0 Å². The normalized spacial score (nSPS) is 15.6. The second kappa shape index (κ2) is 7.38. The number of aryl methyl sites for hydroxylation is 1. The SMILES string of the molecule is Cn1cc(-c2ccn3c(N4CCCN(C(=O)OC(C)(C)C)CC4)cnc3n2)cn1. The van der Waals surface area contributed by atoms with Crippen LogP contribution in [-0.4, -0.2) is 66.9 Å². The first-order chi connectivity index (χ1) is 13.8. The minimum absolute atomic E-state index is 0.250. The third-order valence-corrected chi connectivity index (χ3v) is 4.83. The number of aromatic nitrogens is 5. The fourth-order valence-electron chi connectivity index (χ4n) is 3.46. The number of carbonyl (C=O) groups is 1. The van der Waals surface area contributed by atoms with Crippen LogP contribution >= 0.6 is 0 Å². The maximum absolute atomic E-state index is 12.4. The second-order valence-electron chi connectivity index (χ2n) is 8.31. The Balaban J connectivity index is 1.50. The molecule has 154 valence electrons. The average molecular weight is 397 g/mol. The molecular formula is C20H27N7O2. The molecular weight excluding hydrogens is 370 g/mol. The van der Waals surface area contributed by atoms with Gasteiger partial charge in [0, 0.05) is 51.2 Å². The number of fused-ring (bicyclic) bond motifs is 1. The first kappa shape index (κ1) is 19.2. The lowest BCUT2D eigenvalue weighted by Gasteiger charge is -2.26. The van der Waals surface area contributed by atoms with Crippen LogP contribution in [0.15, 0.2) is 30.9 Å². The van der Waals surface area contributed by atoms with Crippen molar-refractivity contribution in [2.24, 2.45) is 7.05 Å². The van der Waals surface area contributed by atoms with E-state index in [0.717, 1.165) is 36.6 Å². The van der Waals surface area contributed by atoms with E-state index in [2.05, 4.69) is 20.0 Å². The molecule has 0 bridgehead atoms. The van der Waals surface area contributed by atoms with Crippen molar-refractivity contribution < 1.29 is 9.53 Å². The van der Waals surface area contributed by atoms with Crippen LogP contribution in [-0.2, 0) is 11.8 Å². The zero-order valence-corrected chi connectivity index (χ0v) is 17.4. The summed E-state index contributed by atoms with van der Waals surface area (Å²) in [6, 6.07) is 1.97. The summed E-state index contributed by atoms with van der Waals surface area (Å²) in [5.41, 5.74) is 1.32. The first-order valence-electron chi connectivity index (χ1n) is 9.86. The Morgan fingerprint density at radius 2 is 1.97 bits per heavy atom. The lowest BCUT2D eigenvalue weighted by molar-refractivity contribution is 0.0263. The quantitative estimate of drug-likeness (QED) is 0.661. The maximum atomic E-state index is 12.4. The lowest BCUT2D eigenvalue weighted by Crippen LogP contribution is -2.39. The number of hydrogen-bond donors (Lipinski definition) is 0. The van der Waals surface area contributed by atoms with Gasteiger partial charge in [0.2, 0.25) is 5.78 Å². The third kappa shape index (κ3) is 4.18. The number of amides is 1. The van der Waals surface area contributed by atoms with Crippen LogP contribution in [0.4, 0.5) is 10.6 Å². The van der Waals surface area contributed by atoms with Crippen molar-refractivity contribution >= 4 is 17.7 Å². The molecule has 0 N–H and O–H groups in total. The molecule has 0 atom stereocenters. The van der Waals surface area contributed by atoms with Gasteiger partial charge < -0.3 is 14.5 Å². The second-order valence-corrected chi connectivity index (χ2v) is 8.31. The van der Waals surface area contributed by atoms with Crippen LogP contribution in [0.3, 0.4) is 0 Å². The Kier molecular flexibility index (Phi) is 4.89. The average Bonchev–Trinajstić information content (AvgIpc) is 3.19. The van der Waals surface area contributed by atoms with Gasteiger partial charge in [0.05, 0.1) is 18.1 Å². The Bertz CT molecular complexity index is 1020. The first-order valence-corrected chi connectivity index (χ1v) is 9.86. The number of rotatable bonds is 2. The minimum Gasteiger partial charge on any atom is -0.444 e. The van der Waals surface area contributed by atoms with Gasteiger partial charge >= 0.3 is 6.09 Å². The van der Waals surface area contributed by atoms with E-state index in [-0.39, 0.29) is 6.09 Å². The predicted molar refractivity (Wildman–Crippen MR) is 110 cm³/mol. The Morgan fingerprint density at radius 1 is 1.14 bits per heavy atom. The van der Waals surface area contributed by atoms with E-state index in [1.807, 2.05) is 56.9 Å². The summed E-state index contributed by atoms with van der Waals surface area (Å²) in [4.78, 5) is 25.6. The summed E-state index contributed by atoms with van der Waals surface area (Å²) < 4.78 is 9.26. The van der Waals surface area contributed by atoms with Crippen LogP contribution in [0.25, 0.3) is 17.0 Å². The van der Waals surface area contributed by atoms with E-state index in [4.69, 9.17) is 4.74 Å². The van der Waals surface area contributed by atoms with Crippen LogP contribution in [0.1, 0.15) is 27.2 Å². The number of nitrogens with zero attached hydrogens (tertiary/aromatic N) is 7. The summed E-state index contributed by atoms with van der Waals surface area (Å²) >= 11 is 0. The molecule has 1 saturated heterocycles. The number of imidazole rings is 1. The third-order valence-electron chi connectivity index (χ3n) is 4.83. The van der Waals surface area contributed by atoms with E-state index in [0.29, 0.717) is 18.9 Å². The lowest BCUT2D eigenvalue weighted by atomic mass is 10.2. The van der Waals surface area contributed by atoms with Crippen molar-refractivity contribution in [1.82, 2.24) is 29.0 Å². The molecule has 3 aromatic rings. The number of ether oxygens (including phenoxy) is 1. The zero-order chi connectivity index (χ0) is 20.6. The highest BCUT2D eigenvalue weighted by Crippen LogP contribution is 2.22. The highest BCUT2D eigenvalue weighted by atomic mass is 16.6. The number of hydrogen-bond acceptors (Lipinski definition) is 6. The standard InChI is InChI=1S/C20H27N7O2/c1-20(2,3)29-19(28)26-8-5-7-25(10-11-26)17-13-21-18-23-16(6-9-27(17)18)15-12-22-24(4)14-15/h6,9,12-14H,5,7-8,10-11H2,1-4H3. The Morgan fingerprint density at radius 3 is 2.69 bits per heavy atom. The van der Waals surface area contributed by atoms with Crippen LogP contribution in [0.5, 0.6) is 0 Å². The molecule has 0 unspecified atom stereocenters. The monoisotopic (exact) mass is 397 g/mol. The molecule has 1 aliphatic heterocycles. The highest BCUT2D eigenvalue weighted by Gasteiger charge is 2.25. The van der Waals surface area contributed by atoms with Crippen molar-refractivity contribution in [3.05, 3.63) is 30.9 Å². The molecule has 0 aliphatic carbocycles. The van der Waals surface area contributed by atoms with Gasteiger partial charge in [-0.3, -0.25) is 9.08 Å². The minimum atomic E-state index is -0.484. The molecule has 29 heavy (non-hydrogen) atoms. The highest BCUT2D eigenvalue weighted by molar-refractivity contribution is 5.68. The molecule has 1 aliphatic rings. The summed E-state index contributed by atoms with van der Waals surface area (Å²) in [5, 5.41) is 4.20. The van der Waals surface area contributed by atoms with Gasteiger partial charge in [0.1, 0.15) is 11.4 Å². The van der Waals surface area contributed by atoms with Gasteiger partial charge in [-0.25, -0.2) is 14.8 Å². The summed E-state index contributed by atoms with van der Waals surface area (Å²) in [5.74, 6) is 1.63. The van der Waals surface area contributed by atoms with Crippen LogP contribution < -0.4 is 4.90 Å². The molecule has 9 heteroatoms. The van der Waals surface area contributed by atoms with Gasteiger partial charge in [-0.1, -0.05) is 0 Å². The largest absolute Gasteiger partial charge is 0.444 e. The smallest absolute Gasteiger partial charge is 0.410 e. The van der Waals surface area contributed by atoms with Gasteiger partial charge in [0.15, 0.2) is 0 Å². The Hall–Kier alpha value is -3.10. The molecule has 0 radical (unpaired) electrons. The van der Waals surface area contributed by atoms with Gasteiger partial charge in [-0.2, -0.15) is 5.10 Å². The summed E-state index contributed by atoms with van der Waals surface area (Å²) in [6.07, 6.45) is 8.18. The predicted octanol–water partition coefficient (Wildman–Crippen LogP) is 2.58. The number of anilines is 1. The van der Waals surface area contributed by atoms with Gasteiger partial charge in [-0.05, 0) is 33.3 Å². The fourth-order valence-corrected chi connectivity index (χ4v) is 3.46. The van der Waals surface area contributed by atoms with Crippen molar-refractivity contribution in [2.45, 2.75) is 32.8 Å². The summed E-state index contributed by atoms with van der Waals surface area (Å²) in [6.45, 7) is 8.53. The number of carbonyl (C=O) groups excluding carboxylic acids is 1. The maximum Gasteiger partial charge on any atom is 0.410 e. The topological polar surface area (TPSA) is 80.8 Å². The van der Waals surface area contributed by atoms with Crippen LogP contribution in [0.2, 0.25) is 0 Å². The van der Waals surface area contributed by atoms with E-state index in [9.17, 15) is 4.79 Å². The molecule has 3 aromatic heterocycles. The zero-order valence-electron chi connectivity index (χ0n) is 17.4. The molecule has 9 nitrogen and oxygen atoms in total. The molecule has 4 rings (SSSR count). The van der Waals surface area contributed by atoms with Gasteiger partial charge in [0.25, 0.3) is 0 Å². The molecule has 4 heterocycles. The van der Waals surface area contributed by atoms with E-state index < -0.39 is 5.60 Å². The van der Waals surface area contributed by atoms with Crippen molar-refractivity contribution in [3.8, 4) is 11.3 Å². The molecule has 0 spiro atoms. The van der Waals surface area contributed by atoms with Gasteiger partial charge in [-0.15, -0.1) is 0 Å². The molecule has 0 aromatic carbocycles. The van der Waals surface area contributed by atoms with E-state index >= 15 is 0 Å². The van der Waals surface area contributed by atoms with Crippen molar-refractivity contribution in [2.75, 3.05) is 31.1 Å². The van der Waals surface area contributed by atoms with E-state index in [1.54, 1.807) is 15.8 Å². The molecule has 1 amide bonds. The van der Waals surface area contributed by atoms with Crippen molar-refractivity contribution in [1.29, 1.82) is 0 Å². The van der Waals surface area contributed by atoms with E-state index in [1.165, 1.54) is 0 Å². The Labute approximate surface area is 169 Å². The summed E-state index contributed by atoms with van der Waals surface area (Å²) in [7, 11) is 1.88. The van der Waals surface area contributed by atoms with Crippen LogP contribution in [0, 0.1) is 0 Å². The molecule has 0 saturated carbocycles. The fraction of sp³-hybridized carbons (Fsp3) is 0.500.